The monoisotopic (exact) mass is 404 g/mol. The van der Waals surface area contributed by atoms with Gasteiger partial charge in [-0.1, -0.05) is 11.6 Å². The van der Waals surface area contributed by atoms with Crippen LogP contribution in [0.5, 0.6) is 0 Å². The van der Waals surface area contributed by atoms with Gasteiger partial charge in [0.25, 0.3) is 5.91 Å². The Morgan fingerprint density at radius 1 is 1.41 bits per heavy atom. The van der Waals surface area contributed by atoms with Gasteiger partial charge in [-0.05, 0) is 30.7 Å². The molecule has 0 spiro atoms. The molecule has 144 valence electrons. The van der Waals surface area contributed by atoms with Crippen LogP contribution in [0.3, 0.4) is 0 Å². The predicted molar refractivity (Wildman–Crippen MR) is 98.9 cm³/mol. The largest absolute Gasteiger partial charge is 0.338 e. The lowest BCUT2D eigenvalue weighted by atomic mass is 9.92. The van der Waals surface area contributed by atoms with Crippen LogP contribution in [0.1, 0.15) is 48.2 Å². The van der Waals surface area contributed by atoms with E-state index in [4.69, 9.17) is 25.3 Å². The lowest BCUT2D eigenvalue weighted by Gasteiger charge is -2.36. The Morgan fingerprint density at radius 3 is 2.70 bits per heavy atom. The number of hydrogen-bond acceptors (Lipinski definition) is 4. The third kappa shape index (κ3) is 4.99. The number of nitrogens with zero attached hydrogens (tertiary/aromatic N) is 3. The minimum absolute atomic E-state index is 0.0916. The van der Waals surface area contributed by atoms with Gasteiger partial charge in [-0.3, -0.25) is 4.79 Å². The SMILES string of the molecule is [2H]C([2H])(NCc1ncc(C)cn1)C1(F)C([2H])([2H])C([2H])([2H])N(C(=O)c2ccc(F)c(Cl)c2)C([2H])([2H])C1([2H])[2H]. The summed E-state index contributed by atoms with van der Waals surface area (Å²) in [5.74, 6) is -2.74. The molecule has 1 aliphatic rings. The number of likely N-dealkylation sites (tertiary alicyclic amines) is 1. The number of piperidine rings is 1. The van der Waals surface area contributed by atoms with Crippen molar-refractivity contribution in [3.63, 3.8) is 0 Å². The fourth-order valence-corrected chi connectivity index (χ4v) is 2.18. The summed E-state index contributed by atoms with van der Waals surface area (Å²) in [6, 6.07) is 2.17. The molecule has 1 aromatic heterocycles. The van der Waals surface area contributed by atoms with Crippen LogP contribution in [-0.2, 0) is 6.54 Å². The van der Waals surface area contributed by atoms with E-state index in [0.717, 1.165) is 6.07 Å². The zero-order chi connectivity index (χ0) is 28.4. The van der Waals surface area contributed by atoms with Crippen molar-refractivity contribution >= 4 is 17.5 Å². The number of aromatic nitrogens is 2. The quantitative estimate of drug-likeness (QED) is 0.830. The van der Waals surface area contributed by atoms with Gasteiger partial charge in [-0.25, -0.2) is 18.7 Å². The molecule has 5 nitrogen and oxygen atoms in total. The highest BCUT2D eigenvalue weighted by Gasteiger charge is 2.36. The molecule has 1 aliphatic heterocycles. The topological polar surface area (TPSA) is 58.1 Å². The molecule has 27 heavy (non-hydrogen) atoms. The first-order chi connectivity index (χ1) is 16.7. The van der Waals surface area contributed by atoms with E-state index >= 15 is 4.39 Å². The Bertz CT molecular complexity index is 1190. The Kier molecular flexibility index (Phi) is 3.19. The van der Waals surface area contributed by atoms with Gasteiger partial charge in [-0.2, -0.15) is 0 Å². The van der Waals surface area contributed by atoms with Gasteiger partial charge >= 0.3 is 0 Å². The van der Waals surface area contributed by atoms with Crippen LogP contribution in [0, 0.1) is 12.7 Å². The molecule has 2 heterocycles. The molecule has 3 rings (SSSR count). The van der Waals surface area contributed by atoms with Gasteiger partial charge in [-0.15, -0.1) is 0 Å². The highest BCUT2D eigenvalue weighted by molar-refractivity contribution is 6.31. The summed E-state index contributed by atoms with van der Waals surface area (Å²) in [6.45, 7) is -10.7. The van der Waals surface area contributed by atoms with E-state index < -0.39 is 71.7 Å². The van der Waals surface area contributed by atoms with Crippen LogP contribution in [0.25, 0.3) is 0 Å². The normalized spacial score (nSPS) is 29.9. The maximum Gasteiger partial charge on any atom is 0.253 e. The van der Waals surface area contributed by atoms with Crippen LogP contribution in [0.4, 0.5) is 8.78 Å². The van der Waals surface area contributed by atoms with Crippen molar-refractivity contribution < 1.29 is 27.3 Å². The molecule has 8 heteroatoms. The minimum Gasteiger partial charge on any atom is -0.338 e. The van der Waals surface area contributed by atoms with Crippen molar-refractivity contribution in [1.82, 2.24) is 20.2 Å². The fourth-order valence-electron chi connectivity index (χ4n) is 2.00. The summed E-state index contributed by atoms with van der Waals surface area (Å²) in [5, 5.41) is 1.32. The Labute approximate surface area is 175 Å². The Hall–Kier alpha value is -2.12. The molecule has 1 N–H and O–H groups in total. The molecule has 0 saturated carbocycles. The third-order valence-electron chi connectivity index (χ3n) is 3.39. The molecule has 1 aromatic carbocycles. The fraction of sp³-hybridized carbons (Fsp3) is 0.421. The lowest BCUT2D eigenvalue weighted by Crippen LogP contribution is -2.48. The molecule has 1 amide bonds. The number of benzene rings is 1. The molecule has 0 atom stereocenters. The predicted octanol–water partition coefficient (Wildman–Crippen LogP) is 3.31. The second kappa shape index (κ2) is 8.27. The molecule has 1 saturated heterocycles. The zero-order valence-corrected chi connectivity index (χ0v) is 14.7. The van der Waals surface area contributed by atoms with Crippen LogP contribution < -0.4 is 5.32 Å². The van der Waals surface area contributed by atoms with Crippen LogP contribution >= 0.6 is 11.6 Å². The summed E-state index contributed by atoms with van der Waals surface area (Å²) in [7, 11) is 0. The first-order valence-electron chi connectivity index (χ1n) is 12.7. The van der Waals surface area contributed by atoms with Gasteiger partial charge in [0.1, 0.15) is 17.3 Å². The molecule has 0 unspecified atom stereocenters. The number of rotatable bonds is 5. The number of hydrogen-bond donors (Lipinski definition) is 1. The molecular formula is C19H21ClF2N4O. The average molecular weight is 405 g/mol. The van der Waals surface area contributed by atoms with Gasteiger partial charge in [0.15, 0.2) is 0 Å². The van der Waals surface area contributed by atoms with E-state index in [2.05, 4.69) is 9.97 Å². The number of carbonyl (C=O) groups is 1. The average Bonchev–Trinajstić information content (AvgIpc) is 2.78. The first kappa shape index (κ1) is 10.4. The summed E-state index contributed by atoms with van der Waals surface area (Å²) in [6.07, 6.45) is -5.71. The minimum atomic E-state index is -4.58. The zero-order valence-electron chi connectivity index (χ0n) is 24.0. The molecule has 0 aliphatic carbocycles. The second-order valence-electron chi connectivity index (χ2n) is 5.56. The van der Waals surface area contributed by atoms with Crippen molar-refractivity contribution in [2.75, 3.05) is 19.5 Å². The number of nitrogens with one attached hydrogen (secondary N) is 1. The van der Waals surface area contributed by atoms with E-state index in [-0.39, 0.29) is 5.82 Å². The smallest absolute Gasteiger partial charge is 0.253 e. The molecule has 2 aromatic rings. The standard InChI is InChI=1S/C19H21ClF2N4O/c1-13-9-24-17(25-10-13)11-23-12-19(22)4-6-26(7-5-19)18(27)14-2-3-16(21)15(20)8-14/h2-3,8-10,23H,4-7,11-12H2,1H3/i4D2,5D2,6D2,7D2,12D2. The summed E-state index contributed by atoms with van der Waals surface area (Å²) < 4.78 is 113. The van der Waals surface area contributed by atoms with Crippen molar-refractivity contribution in [2.45, 2.75) is 31.9 Å². The van der Waals surface area contributed by atoms with Crippen LogP contribution in [0.15, 0.2) is 30.6 Å². The first-order valence-corrected chi connectivity index (χ1v) is 8.06. The number of halogens is 3. The summed E-state index contributed by atoms with van der Waals surface area (Å²) in [5.41, 5.74) is -4.58. The summed E-state index contributed by atoms with van der Waals surface area (Å²) in [4.78, 5) is 20.4. The van der Waals surface area contributed by atoms with Crippen LogP contribution in [0.2, 0.25) is 5.02 Å². The second-order valence-corrected chi connectivity index (χ2v) is 5.96. The highest BCUT2D eigenvalue weighted by atomic mass is 35.5. The van der Waals surface area contributed by atoms with E-state index in [9.17, 15) is 9.18 Å². The number of carbonyl (C=O) groups excluding carboxylic acids is 1. The molecular weight excluding hydrogens is 374 g/mol. The number of aryl methyl sites for hydroxylation is 1. The number of amides is 1. The van der Waals surface area contributed by atoms with Crippen LogP contribution in [-0.4, -0.2) is 45.9 Å². The maximum absolute atomic E-state index is 16.7. The van der Waals surface area contributed by atoms with Crippen molar-refractivity contribution in [3.8, 4) is 0 Å². The van der Waals surface area contributed by atoms with E-state index in [1.54, 1.807) is 6.92 Å². The molecule has 0 radical (unpaired) electrons. The van der Waals surface area contributed by atoms with Gasteiger partial charge in [0.05, 0.1) is 11.6 Å². The van der Waals surface area contributed by atoms with Gasteiger partial charge < -0.3 is 10.2 Å². The third-order valence-corrected chi connectivity index (χ3v) is 3.68. The molecule has 1 fully saturated rings. The lowest BCUT2D eigenvalue weighted by molar-refractivity contribution is 0.0434. The van der Waals surface area contributed by atoms with Gasteiger partial charge in [0, 0.05) is 63.9 Å². The Morgan fingerprint density at radius 2 is 2.07 bits per heavy atom. The Balaban J connectivity index is 2.13. The summed E-state index contributed by atoms with van der Waals surface area (Å²) >= 11 is 5.64. The van der Waals surface area contributed by atoms with E-state index in [0.29, 0.717) is 17.7 Å². The van der Waals surface area contributed by atoms with E-state index in [1.165, 1.54) is 12.4 Å². The van der Waals surface area contributed by atoms with Gasteiger partial charge in [0.2, 0.25) is 0 Å². The van der Waals surface area contributed by atoms with Crippen molar-refractivity contribution in [3.05, 3.63) is 58.4 Å². The number of alkyl halides is 1. The highest BCUT2D eigenvalue weighted by Crippen LogP contribution is 2.27. The molecule has 0 bridgehead atoms. The maximum atomic E-state index is 16.7. The van der Waals surface area contributed by atoms with Crippen molar-refractivity contribution in [2.24, 2.45) is 0 Å². The van der Waals surface area contributed by atoms with E-state index in [1.807, 2.05) is 5.32 Å². The van der Waals surface area contributed by atoms with Crippen molar-refractivity contribution in [1.29, 1.82) is 0 Å².